The van der Waals surface area contributed by atoms with Crippen molar-refractivity contribution in [3.05, 3.63) is 45.0 Å². The Labute approximate surface area is 166 Å². The van der Waals surface area contributed by atoms with E-state index < -0.39 is 17.6 Å². The molecule has 7 nitrogen and oxygen atoms in total. The molecule has 0 bridgehead atoms. The molecule has 0 saturated carbocycles. The fraction of sp³-hybridized carbons (Fsp3) is 0.409. The topological polar surface area (TPSA) is 101 Å². The summed E-state index contributed by atoms with van der Waals surface area (Å²) in [5.74, 6) is -0.405. The highest BCUT2D eigenvalue weighted by Gasteiger charge is 2.33. The fourth-order valence-corrected chi connectivity index (χ4v) is 4.21. The van der Waals surface area contributed by atoms with Crippen molar-refractivity contribution in [2.75, 3.05) is 6.54 Å². The number of carboxylic acid groups (broad SMARTS) is 1. The van der Waals surface area contributed by atoms with E-state index in [-0.39, 0.29) is 18.7 Å². The lowest BCUT2D eigenvalue weighted by Crippen LogP contribution is -2.40. The number of rotatable bonds is 4. The van der Waals surface area contributed by atoms with Gasteiger partial charge >= 0.3 is 11.6 Å². The zero-order valence-electron chi connectivity index (χ0n) is 16.7. The number of hydrogen-bond acceptors (Lipinski definition) is 5. The van der Waals surface area contributed by atoms with Crippen LogP contribution in [0.2, 0.25) is 0 Å². The van der Waals surface area contributed by atoms with Crippen LogP contribution >= 0.6 is 0 Å². The van der Waals surface area contributed by atoms with Crippen LogP contribution in [0, 0.1) is 20.8 Å². The first-order valence-electron chi connectivity index (χ1n) is 9.76. The number of carbonyl (C=O) groups excluding carboxylic acids is 1. The van der Waals surface area contributed by atoms with Gasteiger partial charge in [-0.25, -0.2) is 9.59 Å². The number of amides is 1. The van der Waals surface area contributed by atoms with Crippen molar-refractivity contribution >= 4 is 33.8 Å². The maximum absolute atomic E-state index is 12.6. The minimum absolute atomic E-state index is 0.0764. The molecule has 4 rings (SSSR count). The first-order chi connectivity index (χ1) is 13.8. The minimum atomic E-state index is -0.980. The van der Waals surface area contributed by atoms with E-state index in [9.17, 15) is 19.5 Å². The van der Waals surface area contributed by atoms with Gasteiger partial charge in [0.15, 0.2) is 0 Å². The molecule has 2 aromatic heterocycles. The third-order valence-electron chi connectivity index (χ3n) is 6.03. The van der Waals surface area contributed by atoms with Gasteiger partial charge in [0.25, 0.3) is 0 Å². The second kappa shape index (κ2) is 7.06. The molecule has 0 radical (unpaired) electrons. The number of likely N-dealkylation sites (tertiary alicyclic amines) is 1. The van der Waals surface area contributed by atoms with Gasteiger partial charge < -0.3 is 18.8 Å². The quantitative estimate of drug-likeness (QED) is 0.677. The molecule has 1 fully saturated rings. The van der Waals surface area contributed by atoms with E-state index in [1.54, 1.807) is 6.07 Å². The summed E-state index contributed by atoms with van der Waals surface area (Å²) >= 11 is 0. The number of furan rings is 1. The first kappa shape index (κ1) is 19.2. The number of carbonyl (C=O) groups is 2. The molecule has 1 atom stereocenters. The lowest BCUT2D eigenvalue weighted by molar-refractivity contribution is -0.148. The van der Waals surface area contributed by atoms with Gasteiger partial charge in [-0.2, -0.15) is 0 Å². The lowest BCUT2D eigenvalue weighted by atomic mass is 10.00. The van der Waals surface area contributed by atoms with E-state index in [0.717, 1.165) is 27.7 Å². The number of hydrogen-bond donors (Lipinski definition) is 1. The summed E-state index contributed by atoms with van der Waals surface area (Å²) in [6.45, 7) is 6.17. The molecule has 3 heterocycles. The molecule has 1 saturated heterocycles. The van der Waals surface area contributed by atoms with Crippen molar-refractivity contribution in [3.63, 3.8) is 0 Å². The Hall–Kier alpha value is -3.09. The zero-order valence-corrected chi connectivity index (χ0v) is 16.7. The maximum atomic E-state index is 12.6. The molecule has 1 aliphatic rings. The van der Waals surface area contributed by atoms with E-state index in [1.807, 2.05) is 26.8 Å². The number of nitrogens with zero attached hydrogens (tertiary/aromatic N) is 1. The summed E-state index contributed by atoms with van der Waals surface area (Å²) in [5, 5.41) is 11.0. The molecule has 0 spiro atoms. The lowest BCUT2D eigenvalue weighted by Gasteiger charge is -2.21. The van der Waals surface area contributed by atoms with E-state index in [1.165, 1.54) is 4.90 Å². The third-order valence-corrected chi connectivity index (χ3v) is 6.03. The standard InChI is InChI=1S/C22H23NO6/c1-11-13(3)28-18-10-19-16(9-15(11)18)12(2)14(22(27)29-19)6-7-20(24)23-8-4-5-17(23)21(25)26/h9-10,17H,4-8H2,1-3H3,(H,25,26)/t17-/m0/s1. The molecule has 7 heteroatoms. The van der Waals surface area contributed by atoms with Gasteiger partial charge in [0.05, 0.1) is 0 Å². The van der Waals surface area contributed by atoms with Crippen molar-refractivity contribution < 1.29 is 23.5 Å². The second-order valence-electron chi connectivity index (χ2n) is 7.70. The smallest absolute Gasteiger partial charge is 0.339 e. The van der Waals surface area contributed by atoms with Gasteiger partial charge in [-0.1, -0.05) is 0 Å². The molecule has 29 heavy (non-hydrogen) atoms. The summed E-state index contributed by atoms with van der Waals surface area (Å²) in [6.07, 6.45) is 1.44. The Morgan fingerprint density at radius 3 is 2.52 bits per heavy atom. The van der Waals surface area contributed by atoms with E-state index in [2.05, 4.69) is 0 Å². The van der Waals surface area contributed by atoms with Gasteiger partial charge in [-0.05, 0) is 57.2 Å². The summed E-state index contributed by atoms with van der Waals surface area (Å²) < 4.78 is 11.2. The number of aliphatic carboxylic acids is 1. The van der Waals surface area contributed by atoms with E-state index in [4.69, 9.17) is 8.83 Å². The average molecular weight is 397 g/mol. The molecule has 1 N–H and O–H groups in total. The number of aryl methyl sites for hydroxylation is 3. The molecule has 152 valence electrons. The van der Waals surface area contributed by atoms with Crippen LogP contribution in [0.3, 0.4) is 0 Å². The predicted molar refractivity (Wildman–Crippen MR) is 107 cm³/mol. The minimum Gasteiger partial charge on any atom is -0.480 e. The third kappa shape index (κ3) is 3.20. The normalized spacial score (nSPS) is 16.8. The van der Waals surface area contributed by atoms with Crippen LogP contribution in [0.1, 0.15) is 41.7 Å². The Morgan fingerprint density at radius 1 is 1.10 bits per heavy atom. The van der Waals surface area contributed by atoms with Gasteiger partial charge in [0, 0.05) is 35.4 Å². The van der Waals surface area contributed by atoms with Gasteiger partial charge in [0.2, 0.25) is 5.91 Å². The van der Waals surface area contributed by atoms with Crippen LogP contribution in [0.15, 0.2) is 25.8 Å². The van der Waals surface area contributed by atoms with E-state index in [0.29, 0.717) is 36.1 Å². The van der Waals surface area contributed by atoms with Gasteiger partial charge in [0.1, 0.15) is 23.0 Å². The van der Waals surface area contributed by atoms with Crippen LogP contribution in [-0.2, 0) is 16.0 Å². The predicted octanol–water partition coefficient (Wildman–Crippen LogP) is 3.47. The van der Waals surface area contributed by atoms with Crippen molar-refractivity contribution in [1.82, 2.24) is 4.90 Å². The fourth-order valence-electron chi connectivity index (χ4n) is 4.21. The highest BCUT2D eigenvalue weighted by molar-refractivity contribution is 5.96. The van der Waals surface area contributed by atoms with Crippen molar-refractivity contribution in [2.45, 2.75) is 52.5 Å². The molecule has 1 amide bonds. The Morgan fingerprint density at radius 2 is 1.79 bits per heavy atom. The Kier molecular flexibility index (Phi) is 4.68. The molecule has 0 unspecified atom stereocenters. The van der Waals surface area contributed by atoms with Crippen molar-refractivity contribution in [3.8, 4) is 0 Å². The largest absolute Gasteiger partial charge is 0.480 e. The van der Waals surface area contributed by atoms with Crippen molar-refractivity contribution in [1.29, 1.82) is 0 Å². The van der Waals surface area contributed by atoms with Crippen LogP contribution in [-0.4, -0.2) is 34.5 Å². The molecule has 0 aliphatic carbocycles. The summed E-state index contributed by atoms with van der Waals surface area (Å²) in [5.41, 5.74) is 2.92. The molecular weight excluding hydrogens is 374 g/mol. The summed E-state index contributed by atoms with van der Waals surface area (Å²) in [7, 11) is 0. The van der Waals surface area contributed by atoms with Crippen LogP contribution in [0.5, 0.6) is 0 Å². The van der Waals surface area contributed by atoms with Crippen LogP contribution in [0.4, 0.5) is 0 Å². The highest BCUT2D eigenvalue weighted by atomic mass is 16.4. The molecule has 1 aliphatic heterocycles. The molecule has 1 aromatic carbocycles. The highest BCUT2D eigenvalue weighted by Crippen LogP contribution is 2.31. The SMILES string of the molecule is Cc1oc2cc3oc(=O)c(CCC(=O)N4CCC[C@H]4C(=O)O)c(C)c3cc2c1C. The summed E-state index contributed by atoms with van der Waals surface area (Å²) in [4.78, 5) is 37.8. The van der Waals surface area contributed by atoms with Gasteiger partial charge in [-0.15, -0.1) is 0 Å². The van der Waals surface area contributed by atoms with Gasteiger partial charge in [-0.3, -0.25) is 4.79 Å². The first-order valence-corrected chi connectivity index (χ1v) is 9.76. The Balaban J connectivity index is 1.66. The molecular formula is C22H23NO6. The number of benzene rings is 1. The zero-order chi connectivity index (χ0) is 20.9. The van der Waals surface area contributed by atoms with Crippen molar-refractivity contribution in [2.24, 2.45) is 0 Å². The Bertz CT molecular complexity index is 1200. The summed E-state index contributed by atoms with van der Waals surface area (Å²) in [6, 6.07) is 2.92. The second-order valence-corrected chi connectivity index (χ2v) is 7.70. The van der Waals surface area contributed by atoms with Crippen LogP contribution < -0.4 is 5.63 Å². The number of carboxylic acids is 1. The van der Waals surface area contributed by atoms with E-state index >= 15 is 0 Å². The number of fused-ring (bicyclic) bond motifs is 2. The molecule has 3 aromatic rings. The maximum Gasteiger partial charge on any atom is 0.339 e. The monoisotopic (exact) mass is 397 g/mol. The average Bonchev–Trinajstić information content (AvgIpc) is 3.26. The van der Waals surface area contributed by atoms with Crippen LogP contribution in [0.25, 0.3) is 21.9 Å².